The minimum absolute atomic E-state index is 0.149. The van der Waals surface area contributed by atoms with Crippen molar-refractivity contribution >= 4 is 23.3 Å². The van der Waals surface area contributed by atoms with Gasteiger partial charge in [0.15, 0.2) is 0 Å². The minimum atomic E-state index is -0.393. The zero-order chi connectivity index (χ0) is 14.5. The van der Waals surface area contributed by atoms with Crippen LogP contribution in [0.15, 0.2) is 36.5 Å². The third-order valence-electron chi connectivity index (χ3n) is 2.91. The van der Waals surface area contributed by atoms with Gasteiger partial charge in [0, 0.05) is 23.3 Å². The largest absolute Gasteiger partial charge is 0.456 e. The van der Waals surface area contributed by atoms with E-state index in [0.717, 1.165) is 18.5 Å². The predicted molar refractivity (Wildman–Crippen MR) is 79.7 cm³/mol. The van der Waals surface area contributed by atoms with E-state index in [4.69, 9.17) is 22.1 Å². The van der Waals surface area contributed by atoms with Crippen LogP contribution >= 0.6 is 11.6 Å². The van der Waals surface area contributed by atoms with Crippen LogP contribution in [0, 0.1) is 0 Å². The second-order valence-corrected chi connectivity index (χ2v) is 4.93. The van der Waals surface area contributed by atoms with E-state index >= 15 is 0 Å². The molecule has 0 amide bonds. The van der Waals surface area contributed by atoms with E-state index in [1.807, 2.05) is 29.7 Å². The number of nitrogen functional groups attached to an aromatic ring is 1. The Morgan fingerprint density at radius 1 is 1.40 bits per heavy atom. The van der Waals surface area contributed by atoms with Crippen LogP contribution in [-0.4, -0.2) is 10.5 Å². The van der Waals surface area contributed by atoms with Crippen LogP contribution in [0.5, 0.6) is 0 Å². The van der Waals surface area contributed by atoms with E-state index in [-0.39, 0.29) is 6.61 Å². The highest BCUT2D eigenvalue weighted by Crippen LogP contribution is 2.18. The normalized spacial score (nSPS) is 10.5. The van der Waals surface area contributed by atoms with Crippen LogP contribution in [-0.2, 0) is 17.9 Å². The van der Waals surface area contributed by atoms with Gasteiger partial charge in [-0.15, -0.1) is 0 Å². The number of nitrogens with zero attached hydrogens (tertiary/aromatic N) is 1. The molecule has 0 aliphatic rings. The maximum absolute atomic E-state index is 12.1. The lowest BCUT2D eigenvalue weighted by molar-refractivity contribution is 0.0460. The maximum Gasteiger partial charge on any atom is 0.355 e. The van der Waals surface area contributed by atoms with E-state index in [2.05, 4.69) is 0 Å². The highest BCUT2D eigenvalue weighted by molar-refractivity contribution is 6.31. The fourth-order valence-corrected chi connectivity index (χ4v) is 2.15. The van der Waals surface area contributed by atoms with Crippen LogP contribution in [0.1, 0.15) is 29.4 Å². The second-order valence-electron chi connectivity index (χ2n) is 4.52. The Kier molecular flexibility index (Phi) is 4.69. The average Bonchev–Trinajstić information content (AvgIpc) is 2.79. The summed E-state index contributed by atoms with van der Waals surface area (Å²) in [5.74, 6) is -0.393. The number of hydrogen-bond acceptors (Lipinski definition) is 3. The molecule has 5 heteroatoms. The second kappa shape index (κ2) is 6.48. The minimum Gasteiger partial charge on any atom is -0.456 e. The molecule has 0 spiro atoms. The molecule has 0 saturated carbocycles. The SMILES string of the molecule is CCCn1cc(N)cc1C(=O)OCc1ccccc1Cl. The molecule has 0 saturated heterocycles. The number of ether oxygens (including phenoxy) is 1. The van der Waals surface area contributed by atoms with Crippen LogP contribution in [0.3, 0.4) is 0 Å². The van der Waals surface area contributed by atoms with Gasteiger partial charge in [0.05, 0.1) is 5.69 Å². The monoisotopic (exact) mass is 292 g/mol. The van der Waals surface area contributed by atoms with Crippen molar-refractivity contribution in [2.75, 3.05) is 5.73 Å². The Morgan fingerprint density at radius 3 is 2.85 bits per heavy atom. The Hall–Kier alpha value is -1.94. The van der Waals surface area contributed by atoms with Gasteiger partial charge in [0.1, 0.15) is 12.3 Å². The summed E-state index contributed by atoms with van der Waals surface area (Å²) < 4.78 is 7.11. The predicted octanol–water partition coefficient (Wildman–Crippen LogP) is 3.49. The molecule has 2 aromatic rings. The lowest BCUT2D eigenvalue weighted by Crippen LogP contribution is -2.11. The fraction of sp³-hybridized carbons (Fsp3) is 0.267. The van der Waals surface area contributed by atoms with Crippen molar-refractivity contribution in [3.63, 3.8) is 0 Å². The quantitative estimate of drug-likeness (QED) is 0.858. The van der Waals surface area contributed by atoms with Gasteiger partial charge in [-0.05, 0) is 18.6 Å². The van der Waals surface area contributed by atoms with Crippen LogP contribution < -0.4 is 5.73 Å². The number of benzene rings is 1. The maximum atomic E-state index is 12.1. The van der Waals surface area contributed by atoms with Crippen molar-refractivity contribution in [3.05, 3.63) is 52.8 Å². The molecule has 2 N–H and O–H groups in total. The first-order valence-corrected chi connectivity index (χ1v) is 6.85. The molecule has 0 unspecified atom stereocenters. The Bertz CT molecular complexity index is 608. The first-order chi connectivity index (χ1) is 9.61. The molecule has 2 rings (SSSR count). The summed E-state index contributed by atoms with van der Waals surface area (Å²) in [5.41, 5.74) is 7.54. The van der Waals surface area contributed by atoms with E-state index in [9.17, 15) is 4.79 Å². The van der Waals surface area contributed by atoms with Crippen molar-refractivity contribution in [2.45, 2.75) is 26.5 Å². The van der Waals surface area contributed by atoms with E-state index < -0.39 is 5.97 Å². The van der Waals surface area contributed by atoms with Crippen molar-refractivity contribution in [1.82, 2.24) is 4.57 Å². The number of carbonyl (C=O) groups is 1. The van der Waals surface area contributed by atoms with Crippen molar-refractivity contribution in [1.29, 1.82) is 0 Å². The standard InChI is InChI=1S/C15H17ClN2O2/c1-2-7-18-9-12(17)8-14(18)15(19)20-10-11-5-3-4-6-13(11)16/h3-6,8-9H,2,7,10,17H2,1H3. The molecule has 1 aromatic carbocycles. The highest BCUT2D eigenvalue weighted by atomic mass is 35.5. The van der Waals surface area contributed by atoms with Gasteiger partial charge in [-0.25, -0.2) is 4.79 Å². The summed E-state index contributed by atoms with van der Waals surface area (Å²) in [4.78, 5) is 12.1. The molecule has 0 atom stereocenters. The molecule has 106 valence electrons. The van der Waals surface area contributed by atoms with Crippen LogP contribution in [0.25, 0.3) is 0 Å². The first kappa shape index (κ1) is 14.5. The van der Waals surface area contributed by atoms with Crippen molar-refractivity contribution < 1.29 is 9.53 Å². The van der Waals surface area contributed by atoms with Gasteiger partial charge in [-0.1, -0.05) is 36.7 Å². The number of halogens is 1. The Balaban J connectivity index is 2.07. The number of rotatable bonds is 5. The number of aromatic nitrogens is 1. The Labute approximate surface area is 123 Å². The lowest BCUT2D eigenvalue weighted by Gasteiger charge is -2.09. The molecule has 1 aromatic heterocycles. The summed E-state index contributed by atoms with van der Waals surface area (Å²) >= 11 is 6.02. The number of anilines is 1. The van der Waals surface area contributed by atoms with Gasteiger partial charge >= 0.3 is 5.97 Å². The number of carbonyl (C=O) groups excluding carboxylic acids is 1. The fourth-order valence-electron chi connectivity index (χ4n) is 1.96. The molecular formula is C15H17ClN2O2. The van der Waals surface area contributed by atoms with E-state index in [0.29, 0.717) is 16.4 Å². The average molecular weight is 293 g/mol. The van der Waals surface area contributed by atoms with Crippen LogP contribution in [0.2, 0.25) is 5.02 Å². The first-order valence-electron chi connectivity index (χ1n) is 6.48. The molecule has 4 nitrogen and oxygen atoms in total. The molecular weight excluding hydrogens is 276 g/mol. The molecule has 0 bridgehead atoms. The summed E-state index contributed by atoms with van der Waals surface area (Å²) in [5, 5.41) is 0.587. The molecule has 1 heterocycles. The molecule has 20 heavy (non-hydrogen) atoms. The highest BCUT2D eigenvalue weighted by Gasteiger charge is 2.14. The molecule has 0 aliphatic heterocycles. The smallest absolute Gasteiger partial charge is 0.355 e. The van der Waals surface area contributed by atoms with Crippen LogP contribution in [0.4, 0.5) is 5.69 Å². The number of esters is 1. The van der Waals surface area contributed by atoms with Crippen molar-refractivity contribution in [3.8, 4) is 0 Å². The molecule has 0 aliphatic carbocycles. The van der Waals surface area contributed by atoms with Crippen molar-refractivity contribution in [2.24, 2.45) is 0 Å². The summed E-state index contributed by atoms with van der Waals surface area (Å²) in [7, 11) is 0. The zero-order valence-electron chi connectivity index (χ0n) is 11.3. The summed E-state index contributed by atoms with van der Waals surface area (Å²) in [6, 6.07) is 8.91. The number of nitrogens with two attached hydrogens (primary N) is 1. The van der Waals surface area contributed by atoms with Gasteiger partial charge < -0.3 is 15.0 Å². The summed E-state index contributed by atoms with van der Waals surface area (Å²) in [6.45, 7) is 2.92. The third kappa shape index (κ3) is 3.33. The lowest BCUT2D eigenvalue weighted by atomic mass is 10.2. The Morgan fingerprint density at radius 2 is 2.15 bits per heavy atom. The topological polar surface area (TPSA) is 57.2 Å². The summed E-state index contributed by atoms with van der Waals surface area (Å²) in [6.07, 6.45) is 2.66. The van der Waals surface area contributed by atoms with Gasteiger partial charge in [-0.2, -0.15) is 0 Å². The van der Waals surface area contributed by atoms with Gasteiger partial charge in [0.2, 0.25) is 0 Å². The third-order valence-corrected chi connectivity index (χ3v) is 3.28. The van der Waals surface area contributed by atoms with Gasteiger partial charge in [-0.3, -0.25) is 0 Å². The zero-order valence-corrected chi connectivity index (χ0v) is 12.1. The number of hydrogen-bond donors (Lipinski definition) is 1. The number of aryl methyl sites for hydroxylation is 1. The van der Waals surface area contributed by atoms with E-state index in [1.54, 1.807) is 18.3 Å². The van der Waals surface area contributed by atoms with Gasteiger partial charge in [0.25, 0.3) is 0 Å². The van der Waals surface area contributed by atoms with E-state index in [1.165, 1.54) is 0 Å². The molecule has 0 radical (unpaired) electrons. The molecule has 0 fully saturated rings.